The molecule has 41 heavy (non-hydrogen) atoms. The molecule has 1 fully saturated rings. The van der Waals surface area contributed by atoms with Gasteiger partial charge < -0.3 is 34.8 Å². The molecule has 0 heterocycles. The van der Waals surface area contributed by atoms with Gasteiger partial charge >= 0.3 is 6.09 Å². The lowest BCUT2D eigenvalue weighted by Gasteiger charge is -2.42. The summed E-state index contributed by atoms with van der Waals surface area (Å²) in [6.45, 7) is 0.934. The van der Waals surface area contributed by atoms with Crippen molar-refractivity contribution in [1.29, 1.82) is 0 Å². The Morgan fingerprint density at radius 2 is 1.80 bits per heavy atom. The fourth-order valence-electron chi connectivity index (χ4n) is 6.35. The number of ketones is 3. The summed E-state index contributed by atoms with van der Waals surface area (Å²) in [6, 6.07) is 7.22. The highest BCUT2D eigenvalue weighted by Crippen LogP contribution is 2.44. The maximum Gasteiger partial charge on any atom is 0.407 e. The second-order valence-corrected chi connectivity index (χ2v) is 11.1. The van der Waals surface area contributed by atoms with Crippen LogP contribution in [0, 0.1) is 5.92 Å². The Labute approximate surface area is 236 Å². The predicted octanol–water partition coefficient (Wildman–Crippen LogP) is 1.65. The first-order valence-corrected chi connectivity index (χ1v) is 13.5. The van der Waals surface area contributed by atoms with Gasteiger partial charge in [-0.3, -0.25) is 14.4 Å². The van der Waals surface area contributed by atoms with Crippen molar-refractivity contribution in [2.24, 2.45) is 5.92 Å². The van der Waals surface area contributed by atoms with Gasteiger partial charge in [0.1, 0.15) is 18.0 Å². The smallest absolute Gasteiger partial charge is 0.407 e. The van der Waals surface area contributed by atoms with E-state index in [9.17, 15) is 34.5 Å². The van der Waals surface area contributed by atoms with Gasteiger partial charge in [0, 0.05) is 29.5 Å². The first-order chi connectivity index (χ1) is 19.5. The van der Waals surface area contributed by atoms with Crippen LogP contribution in [-0.2, 0) is 20.7 Å². The average Bonchev–Trinajstić information content (AvgIpc) is 2.96. The zero-order chi connectivity index (χ0) is 29.6. The number of fused-ring (bicyclic) bond motifs is 3. The summed E-state index contributed by atoms with van der Waals surface area (Å²) in [5.41, 5.74) is -0.306. The van der Waals surface area contributed by atoms with Gasteiger partial charge in [-0.05, 0) is 48.1 Å². The summed E-state index contributed by atoms with van der Waals surface area (Å²) < 4.78 is 16.5. The number of ether oxygens (including phenoxy) is 3. The van der Waals surface area contributed by atoms with Crippen molar-refractivity contribution in [2.75, 3.05) is 20.8 Å². The third-order valence-electron chi connectivity index (χ3n) is 8.49. The molecule has 218 valence electrons. The molecule has 0 radical (unpaired) electrons. The van der Waals surface area contributed by atoms with Crippen molar-refractivity contribution in [3.8, 4) is 5.75 Å². The average molecular weight is 568 g/mol. The number of Topliss-reactive ketones (excluding diaryl/α,β-unsaturated/α-hetero) is 1. The number of hydrogen-bond donors (Lipinski definition) is 4. The van der Waals surface area contributed by atoms with Crippen molar-refractivity contribution >= 4 is 23.4 Å². The molecular weight excluding hydrogens is 534 g/mol. The van der Waals surface area contributed by atoms with Crippen LogP contribution in [0.1, 0.15) is 75.3 Å². The zero-order valence-electron chi connectivity index (χ0n) is 23.0. The van der Waals surface area contributed by atoms with E-state index in [-0.39, 0.29) is 59.0 Å². The van der Waals surface area contributed by atoms with Crippen LogP contribution >= 0.6 is 0 Å². The Kier molecular flexibility index (Phi) is 7.73. The van der Waals surface area contributed by atoms with Crippen LogP contribution < -0.4 is 10.1 Å². The highest BCUT2D eigenvalue weighted by molar-refractivity contribution is 6.29. The second-order valence-electron chi connectivity index (χ2n) is 11.1. The summed E-state index contributed by atoms with van der Waals surface area (Å²) in [5.74, 6) is -1.55. The number of amides is 1. The maximum absolute atomic E-state index is 13.7. The number of carbonyl (C=O) groups is 4. The molecule has 6 atom stereocenters. The molecule has 4 N–H and O–H groups in total. The Bertz CT molecular complexity index is 1420. The molecule has 0 spiro atoms. The van der Waals surface area contributed by atoms with E-state index in [0.29, 0.717) is 17.5 Å². The van der Waals surface area contributed by atoms with Gasteiger partial charge in [-0.25, -0.2) is 4.79 Å². The fourth-order valence-corrected chi connectivity index (χ4v) is 6.35. The Morgan fingerprint density at radius 3 is 2.49 bits per heavy atom. The van der Waals surface area contributed by atoms with E-state index in [1.807, 2.05) is 6.92 Å². The van der Waals surface area contributed by atoms with Crippen molar-refractivity contribution in [1.82, 2.24) is 5.32 Å². The number of rotatable bonds is 6. The first-order valence-electron chi connectivity index (χ1n) is 13.5. The minimum absolute atomic E-state index is 0.144. The molecule has 11 heteroatoms. The van der Waals surface area contributed by atoms with Gasteiger partial charge in [0.15, 0.2) is 17.3 Å². The number of methoxy groups -OCH3 is 2. The number of aliphatic hydroxyl groups is 3. The summed E-state index contributed by atoms with van der Waals surface area (Å²) in [5, 5.41) is 34.2. The number of carbonyl (C=O) groups excluding carboxylic acids is 4. The minimum atomic E-state index is -1.97. The van der Waals surface area contributed by atoms with Crippen LogP contribution in [0.4, 0.5) is 4.79 Å². The van der Waals surface area contributed by atoms with Gasteiger partial charge in [-0.15, -0.1) is 0 Å². The number of nitrogens with one attached hydrogen (secondary N) is 1. The fraction of sp³-hybridized carbons (Fsp3) is 0.467. The Morgan fingerprint density at radius 1 is 1.07 bits per heavy atom. The molecule has 1 saturated carbocycles. The molecule has 11 nitrogen and oxygen atoms in total. The normalized spacial score (nSPS) is 28.7. The van der Waals surface area contributed by atoms with E-state index in [1.165, 1.54) is 20.3 Å². The zero-order valence-corrected chi connectivity index (χ0v) is 23.0. The van der Waals surface area contributed by atoms with Crippen molar-refractivity contribution in [3.05, 3.63) is 63.7 Å². The summed E-state index contributed by atoms with van der Waals surface area (Å²) >= 11 is 0. The molecule has 0 saturated heterocycles. The van der Waals surface area contributed by atoms with E-state index < -0.39 is 54.2 Å². The topological polar surface area (TPSA) is 169 Å². The molecule has 0 aliphatic heterocycles. The standard InChI is InChI=1S/C30H33NO10/c1-14-7-16(9-21(26(14)34)31-29(37)40-3)41-23-12-30(38,24(33)13-32)11-15-8-19-20(10-18(15)23)28(36)25-17(27(19)35)5-4-6-22(25)39-2/h4-6,8,10,14,16,21,23,26,32,34,38H,7,9,11-13H2,1-3H3,(H,31,37)/t14-,16-,21-,23+,26-,30+/m1/s1. The van der Waals surface area contributed by atoms with Crippen molar-refractivity contribution in [3.63, 3.8) is 0 Å². The van der Waals surface area contributed by atoms with E-state index in [1.54, 1.807) is 24.3 Å². The van der Waals surface area contributed by atoms with Crippen LogP contribution in [0.2, 0.25) is 0 Å². The number of aliphatic hydroxyl groups excluding tert-OH is 2. The van der Waals surface area contributed by atoms with Crippen LogP contribution in [0.5, 0.6) is 5.75 Å². The van der Waals surface area contributed by atoms with Crippen LogP contribution in [0.3, 0.4) is 0 Å². The SMILES string of the molecule is COC(=O)N[C@@H]1C[C@H](O[C@H]2C[C@](O)(C(=O)CO)Cc3cc4c(cc32)C(=O)c2c(OC)cccc2C4=O)C[C@@H](C)[C@H]1O. The van der Waals surface area contributed by atoms with E-state index in [2.05, 4.69) is 10.1 Å². The quantitative estimate of drug-likeness (QED) is 0.344. The first kappa shape index (κ1) is 28.9. The van der Waals surface area contributed by atoms with E-state index in [0.717, 1.165) is 0 Å². The highest BCUT2D eigenvalue weighted by Gasteiger charge is 2.46. The van der Waals surface area contributed by atoms with Gasteiger partial charge in [-0.2, -0.15) is 0 Å². The lowest BCUT2D eigenvalue weighted by Crippen LogP contribution is -2.53. The van der Waals surface area contributed by atoms with Gasteiger partial charge in [-0.1, -0.05) is 19.1 Å². The van der Waals surface area contributed by atoms with Crippen LogP contribution in [0.25, 0.3) is 0 Å². The maximum atomic E-state index is 13.7. The molecule has 3 aliphatic carbocycles. The summed E-state index contributed by atoms with van der Waals surface area (Å²) in [7, 11) is 2.64. The van der Waals surface area contributed by atoms with Crippen LogP contribution in [0.15, 0.2) is 30.3 Å². The van der Waals surface area contributed by atoms with Gasteiger partial charge in [0.25, 0.3) is 0 Å². The van der Waals surface area contributed by atoms with E-state index >= 15 is 0 Å². The van der Waals surface area contributed by atoms with Gasteiger partial charge in [0.2, 0.25) is 0 Å². The van der Waals surface area contributed by atoms with Gasteiger partial charge in [0.05, 0.1) is 44.1 Å². The second kappa shape index (κ2) is 11.0. The number of alkyl carbamates (subject to hydrolysis) is 1. The number of hydrogen-bond acceptors (Lipinski definition) is 10. The lowest BCUT2D eigenvalue weighted by atomic mass is 9.73. The Hall–Kier alpha value is -3.64. The largest absolute Gasteiger partial charge is 0.496 e. The molecule has 5 rings (SSSR count). The lowest BCUT2D eigenvalue weighted by molar-refractivity contribution is -0.151. The summed E-state index contributed by atoms with van der Waals surface area (Å²) in [4.78, 5) is 51.7. The summed E-state index contributed by atoms with van der Waals surface area (Å²) in [6.07, 6.45) is -2.65. The minimum Gasteiger partial charge on any atom is -0.496 e. The molecule has 0 unspecified atom stereocenters. The van der Waals surface area contributed by atoms with Crippen LogP contribution in [-0.4, -0.2) is 83.4 Å². The molecule has 2 aromatic carbocycles. The predicted molar refractivity (Wildman–Crippen MR) is 143 cm³/mol. The number of benzene rings is 2. The molecule has 0 aromatic heterocycles. The third kappa shape index (κ3) is 5.03. The van der Waals surface area contributed by atoms with E-state index in [4.69, 9.17) is 9.47 Å². The molecular formula is C30H33NO10. The molecule has 3 aliphatic rings. The highest BCUT2D eigenvalue weighted by atomic mass is 16.5. The molecule has 2 aromatic rings. The third-order valence-corrected chi connectivity index (χ3v) is 8.49. The monoisotopic (exact) mass is 567 g/mol. The van der Waals surface area contributed by atoms with Crippen molar-refractivity contribution < 1.29 is 48.7 Å². The van der Waals surface area contributed by atoms with Crippen molar-refractivity contribution in [2.45, 2.75) is 62.6 Å². The molecule has 0 bridgehead atoms. The molecule has 1 amide bonds. The Balaban J connectivity index is 1.55.